The number of nitrogens with zero attached hydrogens (tertiary/aromatic N) is 1. The number of benzene rings is 1. The SMILES string of the molecule is COc1c(C)cc(-c2nc[nH]c2C(=O)O)c(C)c1C. The topological polar surface area (TPSA) is 75.2 Å². The van der Waals surface area contributed by atoms with Crippen LogP contribution < -0.4 is 4.74 Å². The van der Waals surface area contributed by atoms with Crippen molar-refractivity contribution in [1.82, 2.24) is 9.97 Å². The number of hydrogen-bond acceptors (Lipinski definition) is 3. The Labute approximate surface area is 111 Å². The minimum absolute atomic E-state index is 0.104. The van der Waals surface area contributed by atoms with Crippen LogP contribution in [0.3, 0.4) is 0 Å². The molecule has 0 aliphatic rings. The Morgan fingerprint density at radius 2 is 2.00 bits per heavy atom. The lowest BCUT2D eigenvalue weighted by molar-refractivity contribution is 0.0692. The van der Waals surface area contributed by atoms with Crippen LogP contribution >= 0.6 is 0 Å². The lowest BCUT2D eigenvalue weighted by Gasteiger charge is -2.15. The van der Waals surface area contributed by atoms with E-state index in [0.717, 1.165) is 28.0 Å². The fourth-order valence-corrected chi connectivity index (χ4v) is 2.28. The molecule has 0 radical (unpaired) electrons. The molecule has 2 N–H and O–H groups in total. The molecule has 0 bridgehead atoms. The van der Waals surface area contributed by atoms with Crippen molar-refractivity contribution in [2.45, 2.75) is 20.8 Å². The number of imidazole rings is 1. The molecule has 0 saturated carbocycles. The first-order valence-electron chi connectivity index (χ1n) is 5.89. The van der Waals surface area contributed by atoms with Crippen LogP contribution in [0, 0.1) is 20.8 Å². The molecule has 100 valence electrons. The monoisotopic (exact) mass is 260 g/mol. The molecule has 0 aliphatic heterocycles. The highest BCUT2D eigenvalue weighted by Crippen LogP contribution is 2.34. The van der Waals surface area contributed by atoms with Gasteiger partial charge >= 0.3 is 5.97 Å². The molecule has 0 spiro atoms. The van der Waals surface area contributed by atoms with Crippen molar-refractivity contribution in [3.63, 3.8) is 0 Å². The summed E-state index contributed by atoms with van der Waals surface area (Å²) in [4.78, 5) is 18.0. The number of carboxylic acid groups (broad SMARTS) is 1. The van der Waals surface area contributed by atoms with Gasteiger partial charge < -0.3 is 14.8 Å². The second-order valence-electron chi connectivity index (χ2n) is 4.46. The molecule has 2 rings (SSSR count). The van der Waals surface area contributed by atoms with Gasteiger partial charge in [-0.15, -0.1) is 0 Å². The molecule has 1 aromatic carbocycles. The van der Waals surface area contributed by atoms with Gasteiger partial charge in [-0.25, -0.2) is 9.78 Å². The third-order valence-corrected chi connectivity index (χ3v) is 3.34. The second kappa shape index (κ2) is 4.76. The maximum atomic E-state index is 11.2. The van der Waals surface area contributed by atoms with Crippen LogP contribution in [0.1, 0.15) is 27.2 Å². The van der Waals surface area contributed by atoms with E-state index < -0.39 is 5.97 Å². The minimum atomic E-state index is -1.02. The Morgan fingerprint density at radius 1 is 1.32 bits per heavy atom. The molecule has 1 heterocycles. The van der Waals surface area contributed by atoms with Crippen molar-refractivity contribution in [1.29, 1.82) is 0 Å². The number of carbonyl (C=O) groups is 1. The van der Waals surface area contributed by atoms with Gasteiger partial charge in [-0.2, -0.15) is 0 Å². The Kier molecular flexibility index (Phi) is 3.29. The van der Waals surface area contributed by atoms with Gasteiger partial charge in [-0.05, 0) is 43.5 Å². The summed E-state index contributed by atoms with van der Waals surface area (Å²) in [5, 5.41) is 9.15. The van der Waals surface area contributed by atoms with E-state index in [1.807, 2.05) is 26.8 Å². The predicted molar refractivity (Wildman–Crippen MR) is 71.7 cm³/mol. The molecule has 1 aromatic heterocycles. The van der Waals surface area contributed by atoms with Crippen molar-refractivity contribution in [3.8, 4) is 17.0 Å². The normalized spacial score (nSPS) is 10.5. The molecule has 0 amide bonds. The number of ether oxygens (including phenoxy) is 1. The molecule has 0 atom stereocenters. The highest BCUT2D eigenvalue weighted by Gasteiger charge is 2.19. The van der Waals surface area contributed by atoms with Gasteiger partial charge in [0.15, 0.2) is 5.69 Å². The number of nitrogens with one attached hydrogen (secondary N) is 1. The highest BCUT2D eigenvalue weighted by molar-refractivity contribution is 5.93. The molecule has 0 fully saturated rings. The van der Waals surface area contributed by atoms with Crippen molar-refractivity contribution in [2.75, 3.05) is 7.11 Å². The zero-order valence-electron chi connectivity index (χ0n) is 11.4. The van der Waals surface area contributed by atoms with Crippen LogP contribution in [0.25, 0.3) is 11.3 Å². The van der Waals surface area contributed by atoms with Gasteiger partial charge in [0.1, 0.15) is 11.4 Å². The number of aromatic amines is 1. The summed E-state index contributed by atoms with van der Waals surface area (Å²) in [5.41, 5.74) is 4.30. The summed E-state index contributed by atoms with van der Waals surface area (Å²) in [6.07, 6.45) is 1.40. The van der Waals surface area contributed by atoms with Crippen molar-refractivity contribution < 1.29 is 14.6 Å². The first kappa shape index (κ1) is 13.1. The van der Waals surface area contributed by atoms with Gasteiger partial charge in [-0.1, -0.05) is 0 Å². The smallest absolute Gasteiger partial charge is 0.354 e. The first-order valence-corrected chi connectivity index (χ1v) is 5.89. The van der Waals surface area contributed by atoms with E-state index in [2.05, 4.69) is 9.97 Å². The molecule has 0 saturated heterocycles. The van der Waals surface area contributed by atoms with Gasteiger partial charge in [0, 0.05) is 5.56 Å². The third kappa shape index (κ3) is 2.07. The van der Waals surface area contributed by atoms with Crippen LogP contribution in [0.15, 0.2) is 12.4 Å². The maximum absolute atomic E-state index is 11.2. The second-order valence-corrected chi connectivity index (χ2v) is 4.46. The number of aryl methyl sites for hydroxylation is 1. The van der Waals surface area contributed by atoms with Gasteiger partial charge in [0.05, 0.1) is 13.4 Å². The molecule has 0 unspecified atom stereocenters. The average Bonchev–Trinajstić information content (AvgIpc) is 2.83. The lowest BCUT2D eigenvalue weighted by Crippen LogP contribution is -2.02. The van der Waals surface area contributed by atoms with E-state index in [1.54, 1.807) is 7.11 Å². The molecule has 19 heavy (non-hydrogen) atoms. The summed E-state index contributed by atoms with van der Waals surface area (Å²) >= 11 is 0. The number of methoxy groups -OCH3 is 1. The predicted octanol–water partition coefficient (Wildman–Crippen LogP) is 2.71. The van der Waals surface area contributed by atoms with E-state index in [1.165, 1.54) is 6.33 Å². The van der Waals surface area contributed by atoms with Crippen molar-refractivity contribution in [3.05, 3.63) is 34.8 Å². The largest absolute Gasteiger partial charge is 0.496 e. The fourth-order valence-electron chi connectivity index (χ4n) is 2.28. The van der Waals surface area contributed by atoms with Gasteiger partial charge in [-0.3, -0.25) is 0 Å². The quantitative estimate of drug-likeness (QED) is 0.889. The first-order chi connectivity index (χ1) is 8.97. The van der Waals surface area contributed by atoms with Crippen LogP contribution in [-0.4, -0.2) is 28.2 Å². The van der Waals surface area contributed by atoms with Crippen molar-refractivity contribution in [2.24, 2.45) is 0 Å². The van der Waals surface area contributed by atoms with Crippen LogP contribution in [0.4, 0.5) is 0 Å². The average molecular weight is 260 g/mol. The summed E-state index contributed by atoms with van der Waals surface area (Å²) in [5.74, 6) is -0.188. The molecule has 5 heteroatoms. The molecular weight excluding hydrogens is 244 g/mol. The summed E-state index contributed by atoms with van der Waals surface area (Å²) in [7, 11) is 1.63. The molecule has 2 aromatic rings. The summed E-state index contributed by atoms with van der Waals surface area (Å²) < 4.78 is 5.36. The molecular formula is C14H16N2O3. The van der Waals surface area contributed by atoms with E-state index >= 15 is 0 Å². The van der Waals surface area contributed by atoms with Crippen LogP contribution in [0.2, 0.25) is 0 Å². The lowest BCUT2D eigenvalue weighted by atomic mass is 9.96. The standard InChI is InChI=1S/C14H16N2O3/c1-7-5-10(8(2)9(3)13(7)19-4)11-12(14(17)18)16-6-15-11/h5-6H,1-4H3,(H,15,16)(H,17,18). The van der Waals surface area contributed by atoms with E-state index in [-0.39, 0.29) is 5.69 Å². The van der Waals surface area contributed by atoms with Crippen LogP contribution in [0.5, 0.6) is 5.75 Å². The number of hydrogen-bond donors (Lipinski definition) is 2. The number of aromatic carboxylic acids is 1. The highest BCUT2D eigenvalue weighted by atomic mass is 16.5. The number of carboxylic acids is 1. The Bertz CT molecular complexity index is 644. The third-order valence-electron chi connectivity index (χ3n) is 3.34. The molecule has 5 nitrogen and oxygen atoms in total. The Morgan fingerprint density at radius 3 is 2.58 bits per heavy atom. The summed E-state index contributed by atoms with van der Waals surface area (Å²) in [6, 6.07) is 1.91. The fraction of sp³-hybridized carbons (Fsp3) is 0.286. The van der Waals surface area contributed by atoms with Gasteiger partial charge in [0.2, 0.25) is 0 Å². The number of rotatable bonds is 3. The number of aromatic nitrogens is 2. The Hall–Kier alpha value is -2.30. The molecule has 0 aliphatic carbocycles. The maximum Gasteiger partial charge on any atom is 0.354 e. The van der Waals surface area contributed by atoms with E-state index in [4.69, 9.17) is 9.84 Å². The Balaban J connectivity index is 2.70. The van der Waals surface area contributed by atoms with E-state index in [0.29, 0.717) is 5.69 Å². The zero-order chi connectivity index (χ0) is 14.2. The van der Waals surface area contributed by atoms with Gasteiger partial charge in [0.25, 0.3) is 0 Å². The van der Waals surface area contributed by atoms with Crippen LogP contribution in [-0.2, 0) is 0 Å². The van der Waals surface area contributed by atoms with E-state index in [9.17, 15) is 4.79 Å². The van der Waals surface area contributed by atoms with Crippen molar-refractivity contribution >= 4 is 5.97 Å². The zero-order valence-corrected chi connectivity index (χ0v) is 11.4. The number of H-pyrrole nitrogens is 1. The summed E-state index contributed by atoms with van der Waals surface area (Å²) in [6.45, 7) is 5.83. The minimum Gasteiger partial charge on any atom is -0.496 e.